The summed E-state index contributed by atoms with van der Waals surface area (Å²) in [5.41, 5.74) is 0.604. The Hall–Kier alpha value is -2.76. The van der Waals surface area contributed by atoms with Crippen LogP contribution in [0.15, 0.2) is 35.4 Å². The lowest BCUT2D eigenvalue weighted by Crippen LogP contribution is -2.28. The molecule has 0 fully saturated rings. The van der Waals surface area contributed by atoms with Crippen LogP contribution < -0.4 is 5.56 Å². The number of nitrogens with zero attached hydrogens (tertiary/aromatic N) is 5. The van der Waals surface area contributed by atoms with Crippen molar-refractivity contribution in [3.63, 3.8) is 0 Å². The van der Waals surface area contributed by atoms with Crippen LogP contribution in [0.25, 0.3) is 21.3 Å². The van der Waals surface area contributed by atoms with Gasteiger partial charge in [-0.1, -0.05) is 0 Å². The van der Waals surface area contributed by atoms with Crippen LogP contribution in [0.5, 0.6) is 0 Å². The molecule has 3 heterocycles. The van der Waals surface area contributed by atoms with E-state index in [1.807, 2.05) is 0 Å². The van der Waals surface area contributed by atoms with Crippen molar-refractivity contribution >= 4 is 39.7 Å². The monoisotopic (exact) mass is 371 g/mol. The molecule has 0 amide bonds. The first-order chi connectivity index (χ1) is 12.5. The minimum absolute atomic E-state index is 0.0564. The van der Waals surface area contributed by atoms with Crippen molar-refractivity contribution in [1.82, 2.24) is 24.7 Å². The molecule has 8 nitrogen and oxygen atoms in total. The number of benzene rings is 1. The summed E-state index contributed by atoms with van der Waals surface area (Å²) in [6.45, 7) is 0.0564. The van der Waals surface area contributed by atoms with Crippen LogP contribution in [-0.4, -0.2) is 41.9 Å². The van der Waals surface area contributed by atoms with E-state index in [2.05, 4.69) is 20.1 Å². The van der Waals surface area contributed by atoms with E-state index in [1.54, 1.807) is 6.07 Å². The van der Waals surface area contributed by atoms with Gasteiger partial charge in [-0.15, -0.1) is 11.3 Å². The minimum atomic E-state index is -1.64. The van der Waals surface area contributed by atoms with E-state index in [0.717, 1.165) is 9.38 Å². The normalized spacial score (nSPS) is 11.3. The Morgan fingerprint density at radius 1 is 1.19 bits per heavy atom. The molecule has 0 saturated carbocycles. The third-order valence-electron chi connectivity index (χ3n) is 3.70. The van der Waals surface area contributed by atoms with Gasteiger partial charge in [0.25, 0.3) is 5.56 Å². The van der Waals surface area contributed by atoms with Crippen molar-refractivity contribution in [2.75, 3.05) is 0 Å². The van der Waals surface area contributed by atoms with E-state index < -0.39 is 12.7 Å². The van der Waals surface area contributed by atoms with E-state index in [-0.39, 0.29) is 35.4 Å². The molecule has 130 valence electrons. The van der Waals surface area contributed by atoms with Crippen LogP contribution in [0.4, 0.5) is 4.39 Å². The second kappa shape index (κ2) is 6.52. The van der Waals surface area contributed by atoms with Crippen molar-refractivity contribution in [1.29, 1.82) is 0 Å². The Kier molecular flexibility index (Phi) is 4.19. The molecular weight excluding hydrogens is 360 g/mol. The molecule has 0 radical (unpaired) electrons. The molecule has 4 aromatic rings. The first kappa shape index (κ1) is 16.7. The molecule has 11 heteroatoms. The molecule has 0 aliphatic heterocycles. The lowest BCUT2D eigenvalue weighted by atomic mass is 9.84. The summed E-state index contributed by atoms with van der Waals surface area (Å²) in [6, 6.07) is 4.30. The fourth-order valence-electron chi connectivity index (χ4n) is 2.63. The van der Waals surface area contributed by atoms with Gasteiger partial charge in [0, 0.05) is 24.8 Å². The van der Waals surface area contributed by atoms with Crippen molar-refractivity contribution in [3.8, 4) is 0 Å². The molecule has 0 saturated heterocycles. The van der Waals surface area contributed by atoms with Crippen LogP contribution in [0.2, 0.25) is 0 Å². The zero-order chi connectivity index (χ0) is 18.3. The van der Waals surface area contributed by atoms with Gasteiger partial charge in [-0.2, -0.15) is 5.10 Å². The highest BCUT2D eigenvalue weighted by molar-refractivity contribution is 7.18. The largest absolute Gasteiger partial charge is 0.457 e. The zero-order valence-electron chi connectivity index (χ0n) is 13.2. The molecule has 0 bridgehead atoms. The maximum absolute atomic E-state index is 13.3. The second-order valence-electron chi connectivity index (χ2n) is 5.57. The fraction of sp³-hybridized carbons (Fsp3) is 0.133. The number of thiazole rings is 1. The van der Waals surface area contributed by atoms with Gasteiger partial charge in [0.2, 0.25) is 0 Å². The molecule has 2 N–H and O–H groups in total. The first-order valence-electron chi connectivity index (χ1n) is 7.63. The Morgan fingerprint density at radius 3 is 2.73 bits per heavy atom. The smallest absolute Gasteiger partial charge is 0.427 e. The number of rotatable bonds is 4. The molecule has 1 aromatic carbocycles. The number of hydrogen-bond donors (Lipinski definition) is 2. The molecule has 4 rings (SSSR count). The summed E-state index contributed by atoms with van der Waals surface area (Å²) in [4.78, 5) is 25.1. The number of fused-ring (bicyclic) bond motifs is 2. The van der Waals surface area contributed by atoms with Gasteiger partial charge in [0.1, 0.15) is 16.3 Å². The van der Waals surface area contributed by atoms with Crippen LogP contribution in [-0.2, 0) is 12.9 Å². The van der Waals surface area contributed by atoms with Crippen LogP contribution in [0.3, 0.4) is 0 Å². The quantitative estimate of drug-likeness (QED) is 0.503. The highest BCUT2D eigenvalue weighted by atomic mass is 32.1. The summed E-state index contributed by atoms with van der Waals surface area (Å²) < 4.78 is 15.3. The van der Waals surface area contributed by atoms with Gasteiger partial charge in [-0.05, 0) is 12.1 Å². The highest BCUT2D eigenvalue weighted by Crippen LogP contribution is 2.23. The molecule has 0 atom stereocenters. The maximum atomic E-state index is 13.3. The summed E-state index contributed by atoms with van der Waals surface area (Å²) in [5.74, 6) is -0.384. The molecule has 0 spiro atoms. The Labute approximate surface area is 149 Å². The second-order valence-corrected chi connectivity index (χ2v) is 6.68. The van der Waals surface area contributed by atoms with E-state index in [9.17, 15) is 19.2 Å². The van der Waals surface area contributed by atoms with Crippen LogP contribution >= 0.6 is 11.3 Å². The van der Waals surface area contributed by atoms with E-state index in [4.69, 9.17) is 0 Å². The molecule has 26 heavy (non-hydrogen) atoms. The third-order valence-corrected chi connectivity index (χ3v) is 4.73. The van der Waals surface area contributed by atoms with Gasteiger partial charge in [0.15, 0.2) is 5.52 Å². The highest BCUT2D eigenvalue weighted by Gasteiger charge is 2.18. The predicted molar refractivity (Wildman–Crippen MR) is 94.2 cm³/mol. The lowest BCUT2D eigenvalue weighted by molar-refractivity contribution is 0.403. The van der Waals surface area contributed by atoms with Crippen molar-refractivity contribution in [2.45, 2.75) is 12.9 Å². The van der Waals surface area contributed by atoms with Crippen molar-refractivity contribution < 1.29 is 14.4 Å². The fourth-order valence-corrected chi connectivity index (χ4v) is 3.56. The number of hydrogen-bond acceptors (Lipinski definition) is 8. The summed E-state index contributed by atoms with van der Waals surface area (Å²) >= 11 is 1.32. The molecule has 0 unspecified atom stereocenters. The van der Waals surface area contributed by atoms with Gasteiger partial charge in [-0.25, -0.2) is 19.0 Å². The third kappa shape index (κ3) is 3.07. The molecule has 3 aromatic heterocycles. The summed E-state index contributed by atoms with van der Waals surface area (Å²) in [5, 5.41) is 23.3. The Morgan fingerprint density at radius 2 is 1.96 bits per heavy atom. The van der Waals surface area contributed by atoms with E-state index >= 15 is 0 Å². The van der Waals surface area contributed by atoms with Crippen LogP contribution in [0.1, 0.15) is 10.7 Å². The minimum Gasteiger partial charge on any atom is -0.427 e. The standard InChI is InChI=1S/C15H11BFN5O3S/c17-8-1-2-11-9(5-8)20-12(26-11)7-22-15(23)14-13(18-3-4-19-14)10(21-22)6-16(24)25/h1-5,24-25H,6-7H2. The summed E-state index contributed by atoms with van der Waals surface area (Å²) in [7, 11) is -1.64. The van der Waals surface area contributed by atoms with Gasteiger partial charge >= 0.3 is 7.12 Å². The molecule has 0 aliphatic rings. The SMILES string of the molecule is O=c1c2nccnc2c(CB(O)O)nn1Cc1nc2cc(F)ccc2s1. The topological polar surface area (TPSA) is 114 Å². The molecule has 0 aliphatic carbocycles. The zero-order valence-corrected chi connectivity index (χ0v) is 14.0. The Balaban J connectivity index is 1.82. The average Bonchev–Trinajstić information content (AvgIpc) is 3.00. The van der Waals surface area contributed by atoms with E-state index in [0.29, 0.717) is 10.5 Å². The Bertz CT molecular complexity index is 1180. The van der Waals surface area contributed by atoms with E-state index in [1.165, 1.54) is 35.9 Å². The first-order valence-corrected chi connectivity index (χ1v) is 8.45. The lowest BCUT2D eigenvalue weighted by Gasteiger charge is -2.08. The molecular formula is C15H11BFN5O3S. The average molecular weight is 371 g/mol. The van der Waals surface area contributed by atoms with Gasteiger partial charge in [0.05, 0.1) is 22.5 Å². The summed E-state index contributed by atoms with van der Waals surface area (Å²) in [6.07, 6.45) is 2.59. The maximum Gasteiger partial charge on any atom is 0.457 e. The van der Waals surface area contributed by atoms with Crippen molar-refractivity contribution in [3.05, 3.63) is 57.5 Å². The van der Waals surface area contributed by atoms with Gasteiger partial charge in [-0.3, -0.25) is 9.78 Å². The predicted octanol–water partition coefficient (Wildman–Crippen LogP) is 0.538. The van der Waals surface area contributed by atoms with Crippen molar-refractivity contribution in [2.24, 2.45) is 0 Å². The van der Waals surface area contributed by atoms with Crippen LogP contribution in [0, 0.1) is 5.82 Å². The number of halogens is 1. The number of aromatic nitrogens is 5. The van der Waals surface area contributed by atoms with Gasteiger partial charge < -0.3 is 10.0 Å².